The monoisotopic (exact) mass is 270 g/mol. The molecule has 108 valence electrons. The van der Waals surface area contributed by atoms with Crippen molar-refractivity contribution in [3.63, 3.8) is 0 Å². The molecular formula is C14H22O5. The minimum atomic E-state index is 0.480. The summed E-state index contributed by atoms with van der Waals surface area (Å²) < 4.78 is 26.3. The van der Waals surface area contributed by atoms with Crippen molar-refractivity contribution in [2.24, 2.45) is 0 Å². The highest BCUT2D eigenvalue weighted by molar-refractivity contribution is 4.95. The van der Waals surface area contributed by atoms with Crippen LogP contribution in [0.5, 0.6) is 0 Å². The molecule has 0 aliphatic carbocycles. The first kappa shape index (κ1) is 15.9. The van der Waals surface area contributed by atoms with Crippen LogP contribution in [0.1, 0.15) is 5.76 Å². The predicted octanol–water partition coefficient (Wildman–Crippen LogP) is 2.03. The maximum atomic E-state index is 5.36. The lowest BCUT2D eigenvalue weighted by Crippen LogP contribution is -2.11. The minimum absolute atomic E-state index is 0.480. The molecule has 19 heavy (non-hydrogen) atoms. The number of furan rings is 1. The summed E-state index contributed by atoms with van der Waals surface area (Å²) in [5, 5.41) is 0. The molecule has 5 nitrogen and oxygen atoms in total. The Morgan fingerprint density at radius 1 is 0.947 bits per heavy atom. The van der Waals surface area contributed by atoms with Crippen LogP contribution in [0.25, 0.3) is 0 Å². The summed E-state index contributed by atoms with van der Waals surface area (Å²) in [6, 6.07) is 3.72. The van der Waals surface area contributed by atoms with Crippen molar-refractivity contribution >= 4 is 0 Å². The Bertz CT molecular complexity index is 297. The summed E-state index contributed by atoms with van der Waals surface area (Å²) in [4.78, 5) is 0. The van der Waals surface area contributed by atoms with Crippen molar-refractivity contribution in [3.8, 4) is 0 Å². The first-order chi connectivity index (χ1) is 9.43. The average Bonchev–Trinajstić information content (AvgIpc) is 2.93. The van der Waals surface area contributed by atoms with Crippen molar-refractivity contribution in [1.82, 2.24) is 0 Å². The summed E-state index contributed by atoms with van der Waals surface area (Å²) in [6.07, 6.45) is 3.34. The third kappa shape index (κ3) is 9.44. The second-order valence-electron chi connectivity index (χ2n) is 3.72. The molecule has 0 N–H and O–H groups in total. The van der Waals surface area contributed by atoms with E-state index in [1.54, 1.807) is 12.3 Å². The van der Waals surface area contributed by atoms with Gasteiger partial charge in [0.25, 0.3) is 0 Å². The van der Waals surface area contributed by atoms with Crippen LogP contribution < -0.4 is 0 Å². The molecule has 0 aliphatic heterocycles. The van der Waals surface area contributed by atoms with E-state index in [0.717, 1.165) is 5.76 Å². The summed E-state index contributed by atoms with van der Waals surface area (Å²) >= 11 is 0. The molecule has 0 fully saturated rings. The maximum absolute atomic E-state index is 5.36. The molecule has 0 atom stereocenters. The second-order valence-corrected chi connectivity index (χ2v) is 3.72. The average molecular weight is 270 g/mol. The Morgan fingerprint density at radius 2 is 1.58 bits per heavy atom. The molecule has 0 aliphatic rings. The third-order valence-corrected chi connectivity index (χ3v) is 2.18. The second kappa shape index (κ2) is 11.9. The van der Waals surface area contributed by atoms with Crippen LogP contribution in [0, 0.1) is 0 Å². The van der Waals surface area contributed by atoms with Gasteiger partial charge >= 0.3 is 0 Å². The van der Waals surface area contributed by atoms with Gasteiger partial charge in [0.15, 0.2) is 0 Å². The topological polar surface area (TPSA) is 50.1 Å². The fraction of sp³-hybridized carbons (Fsp3) is 0.571. The fourth-order valence-electron chi connectivity index (χ4n) is 1.29. The summed E-state index contributed by atoms with van der Waals surface area (Å²) in [7, 11) is 0. The van der Waals surface area contributed by atoms with Gasteiger partial charge in [-0.2, -0.15) is 0 Å². The van der Waals surface area contributed by atoms with E-state index >= 15 is 0 Å². The Kier molecular flexibility index (Phi) is 9.99. The van der Waals surface area contributed by atoms with E-state index in [1.807, 2.05) is 12.1 Å². The third-order valence-electron chi connectivity index (χ3n) is 2.18. The van der Waals surface area contributed by atoms with Crippen molar-refractivity contribution < 1.29 is 23.4 Å². The molecule has 0 aromatic carbocycles. The Balaban J connectivity index is 1.73. The summed E-state index contributed by atoms with van der Waals surface area (Å²) in [6.45, 7) is 7.98. The molecule has 0 spiro atoms. The number of ether oxygens (including phenoxy) is 4. The van der Waals surface area contributed by atoms with E-state index in [0.29, 0.717) is 52.9 Å². The fourth-order valence-corrected chi connectivity index (χ4v) is 1.29. The zero-order valence-electron chi connectivity index (χ0n) is 11.2. The molecule has 1 heterocycles. The first-order valence-electron chi connectivity index (χ1n) is 6.37. The quantitative estimate of drug-likeness (QED) is 0.405. The van der Waals surface area contributed by atoms with Gasteiger partial charge in [-0.3, -0.25) is 0 Å². The number of rotatable bonds is 13. The van der Waals surface area contributed by atoms with Crippen molar-refractivity contribution in [2.75, 3.05) is 46.2 Å². The van der Waals surface area contributed by atoms with Crippen LogP contribution in [-0.4, -0.2) is 46.2 Å². The lowest BCUT2D eigenvalue weighted by Gasteiger charge is -2.06. The van der Waals surface area contributed by atoms with Gasteiger partial charge in [-0.05, 0) is 12.1 Å². The Labute approximate surface area is 114 Å². The van der Waals surface area contributed by atoms with Crippen LogP contribution >= 0.6 is 0 Å². The van der Waals surface area contributed by atoms with E-state index in [2.05, 4.69) is 6.58 Å². The summed E-state index contributed by atoms with van der Waals surface area (Å²) in [5.41, 5.74) is 0. The Morgan fingerprint density at radius 3 is 2.16 bits per heavy atom. The van der Waals surface area contributed by atoms with Gasteiger partial charge in [-0.25, -0.2) is 0 Å². The van der Waals surface area contributed by atoms with Crippen LogP contribution in [0.4, 0.5) is 0 Å². The molecule has 1 rings (SSSR count). The zero-order valence-corrected chi connectivity index (χ0v) is 11.2. The van der Waals surface area contributed by atoms with E-state index in [1.165, 1.54) is 0 Å². The predicted molar refractivity (Wildman–Crippen MR) is 71.0 cm³/mol. The molecule has 0 amide bonds. The standard InChI is InChI=1S/C14H22O5/c1-2-5-15-7-8-16-9-10-17-11-12-18-13-14-4-3-6-19-14/h2-4,6H,1,5,7-13H2. The SMILES string of the molecule is C=CCOCCOCCOCCOCc1ccco1. The minimum Gasteiger partial charge on any atom is -0.467 e. The van der Waals surface area contributed by atoms with Gasteiger partial charge in [0, 0.05) is 0 Å². The first-order valence-corrected chi connectivity index (χ1v) is 6.37. The lowest BCUT2D eigenvalue weighted by molar-refractivity contribution is -0.00353. The number of hydrogen-bond acceptors (Lipinski definition) is 5. The van der Waals surface area contributed by atoms with Crippen molar-refractivity contribution in [2.45, 2.75) is 6.61 Å². The van der Waals surface area contributed by atoms with Gasteiger partial charge in [-0.15, -0.1) is 6.58 Å². The van der Waals surface area contributed by atoms with Gasteiger partial charge < -0.3 is 23.4 Å². The highest BCUT2D eigenvalue weighted by Gasteiger charge is 1.95. The van der Waals surface area contributed by atoms with Crippen molar-refractivity contribution in [1.29, 1.82) is 0 Å². The molecule has 1 aromatic rings. The Hall–Kier alpha value is -1.14. The molecular weight excluding hydrogens is 248 g/mol. The molecule has 5 heteroatoms. The van der Waals surface area contributed by atoms with Gasteiger partial charge in [0.2, 0.25) is 0 Å². The molecule has 0 saturated carbocycles. The summed E-state index contributed by atoms with van der Waals surface area (Å²) in [5.74, 6) is 0.822. The molecule has 1 aromatic heterocycles. The van der Waals surface area contributed by atoms with Crippen LogP contribution in [-0.2, 0) is 25.6 Å². The maximum Gasteiger partial charge on any atom is 0.129 e. The highest BCUT2D eigenvalue weighted by atomic mass is 16.6. The van der Waals surface area contributed by atoms with Gasteiger partial charge in [0.1, 0.15) is 12.4 Å². The lowest BCUT2D eigenvalue weighted by atomic mass is 10.5. The van der Waals surface area contributed by atoms with Gasteiger partial charge in [0.05, 0.1) is 52.5 Å². The van der Waals surface area contributed by atoms with E-state index < -0.39 is 0 Å². The molecule has 0 saturated heterocycles. The van der Waals surface area contributed by atoms with E-state index in [-0.39, 0.29) is 0 Å². The normalized spacial score (nSPS) is 10.7. The van der Waals surface area contributed by atoms with Crippen LogP contribution in [0.15, 0.2) is 35.5 Å². The molecule has 0 bridgehead atoms. The van der Waals surface area contributed by atoms with Crippen LogP contribution in [0.3, 0.4) is 0 Å². The van der Waals surface area contributed by atoms with Gasteiger partial charge in [-0.1, -0.05) is 6.08 Å². The van der Waals surface area contributed by atoms with E-state index in [4.69, 9.17) is 23.4 Å². The smallest absolute Gasteiger partial charge is 0.129 e. The van der Waals surface area contributed by atoms with E-state index in [9.17, 15) is 0 Å². The molecule has 0 unspecified atom stereocenters. The largest absolute Gasteiger partial charge is 0.467 e. The van der Waals surface area contributed by atoms with Crippen molar-refractivity contribution in [3.05, 3.63) is 36.8 Å². The van der Waals surface area contributed by atoms with Crippen LogP contribution in [0.2, 0.25) is 0 Å². The number of hydrogen-bond donors (Lipinski definition) is 0. The molecule has 0 radical (unpaired) electrons. The highest BCUT2D eigenvalue weighted by Crippen LogP contribution is 2.01. The zero-order chi connectivity index (χ0) is 13.6.